The van der Waals surface area contributed by atoms with Crippen molar-refractivity contribution in [2.45, 2.75) is 84.5 Å². The van der Waals surface area contributed by atoms with Crippen LogP contribution in [0, 0.1) is 6.92 Å². The predicted molar refractivity (Wildman–Crippen MR) is 158 cm³/mol. The average Bonchev–Trinajstić information content (AvgIpc) is 3.45. The molecule has 0 radical (unpaired) electrons. The molecular formula is C28H39F2N6O7P. The fourth-order valence-electron chi connectivity index (χ4n) is 4.79. The van der Waals surface area contributed by atoms with Gasteiger partial charge in [0, 0.05) is 13.1 Å². The van der Waals surface area contributed by atoms with Crippen molar-refractivity contribution in [3.63, 3.8) is 0 Å². The van der Waals surface area contributed by atoms with E-state index in [1.54, 1.807) is 39.0 Å². The summed E-state index contributed by atoms with van der Waals surface area (Å²) in [5.41, 5.74) is -2.22. The number of esters is 1. The number of hydrogen-bond donors (Lipinski definition) is 2. The third kappa shape index (κ3) is 6.86. The Morgan fingerprint density at radius 1 is 1.20 bits per heavy atom. The van der Waals surface area contributed by atoms with Gasteiger partial charge in [-0.15, -0.1) is 0 Å². The number of rotatable bonds is 13. The Balaban J connectivity index is 1.63. The number of carbonyl (C=O) groups is 1. The van der Waals surface area contributed by atoms with Crippen LogP contribution >= 0.6 is 7.75 Å². The lowest BCUT2D eigenvalue weighted by atomic mass is 9.97. The SMILES string of the molecule is CCN(CC)c1nc(C)nc2c1ncn2[C@@H]1O[C@](F)(CO[P@](=O)(N[C@@H](C)C(=O)OC(C)C)Oc2ccccc2)[C@@H](O)[C@@]1(C)F. The van der Waals surface area contributed by atoms with Crippen LogP contribution in [-0.4, -0.2) is 80.1 Å². The number of imidazole rings is 1. The van der Waals surface area contributed by atoms with E-state index in [0.717, 1.165) is 6.92 Å². The molecule has 1 aromatic carbocycles. The first-order chi connectivity index (χ1) is 20.6. The minimum absolute atomic E-state index is 0.0747. The summed E-state index contributed by atoms with van der Waals surface area (Å²) in [6.45, 7) is 11.1. The van der Waals surface area contributed by atoms with Gasteiger partial charge in [0.15, 0.2) is 35.0 Å². The molecule has 0 unspecified atom stereocenters. The van der Waals surface area contributed by atoms with Gasteiger partial charge in [-0.1, -0.05) is 18.2 Å². The van der Waals surface area contributed by atoms with Gasteiger partial charge in [-0.3, -0.25) is 13.9 Å². The van der Waals surface area contributed by atoms with E-state index in [0.29, 0.717) is 30.2 Å². The third-order valence-corrected chi connectivity index (χ3v) is 8.64. The molecule has 3 aromatic rings. The predicted octanol–water partition coefficient (Wildman–Crippen LogP) is 4.40. The van der Waals surface area contributed by atoms with E-state index in [-0.39, 0.29) is 11.4 Å². The first kappa shape index (κ1) is 33.7. The molecule has 6 atom stereocenters. The van der Waals surface area contributed by atoms with Gasteiger partial charge < -0.3 is 24.0 Å². The quantitative estimate of drug-likeness (QED) is 0.201. The van der Waals surface area contributed by atoms with E-state index in [1.165, 1.54) is 30.0 Å². The van der Waals surface area contributed by atoms with Gasteiger partial charge >= 0.3 is 13.7 Å². The molecule has 1 saturated heterocycles. The van der Waals surface area contributed by atoms with Crippen molar-refractivity contribution in [3.05, 3.63) is 42.5 Å². The van der Waals surface area contributed by atoms with E-state index in [2.05, 4.69) is 20.0 Å². The summed E-state index contributed by atoms with van der Waals surface area (Å²) < 4.78 is 69.2. The van der Waals surface area contributed by atoms with Crippen molar-refractivity contribution in [1.29, 1.82) is 0 Å². The lowest BCUT2D eigenvalue weighted by Gasteiger charge is -2.28. The highest BCUT2D eigenvalue weighted by molar-refractivity contribution is 7.52. The van der Waals surface area contributed by atoms with Crippen molar-refractivity contribution in [3.8, 4) is 5.75 Å². The zero-order chi connectivity index (χ0) is 32.4. The highest BCUT2D eigenvalue weighted by Crippen LogP contribution is 2.52. The number of benzene rings is 1. The molecule has 4 rings (SSSR count). The molecule has 0 spiro atoms. The number of halogens is 2. The summed E-state index contributed by atoms with van der Waals surface area (Å²) in [6, 6.07) is 6.61. The van der Waals surface area contributed by atoms with Gasteiger partial charge in [0.25, 0.3) is 5.85 Å². The number of nitrogens with zero attached hydrogens (tertiary/aromatic N) is 5. The average molecular weight is 641 g/mol. The number of aryl methyl sites for hydroxylation is 1. The molecule has 2 aromatic heterocycles. The molecule has 0 saturated carbocycles. The second-order valence-electron chi connectivity index (χ2n) is 10.9. The number of ether oxygens (including phenoxy) is 2. The normalized spacial score (nSPS) is 25.6. The summed E-state index contributed by atoms with van der Waals surface area (Å²) >= 11 is 0. The van der Waals surface area contributed by atoms with Crippen LogP contribution in [0.25, 0.3) is 11.2 Å². The Bertz CT molecular complexity index is 1510. The van der Waals surface area contributed by atoms with Crippen molar-refractivity contribution in [2.75, 3.05) is 24.6 Å². The number of aromatic nitrogens is 4. The largest absolute Gasteiger partial charge is 0.462 e. The number of fused-ring (bicyclic) bond motifs is 1. The fraction of sp³-hybridized carbons (Fsp3) is 0.571. The van der Waals surface area contributed by atoms with E-state index in [1.807, 2.05) is 18.7 Å². The molecule has 242 valence electrons. The summed E-state index contributed by atoms with van der Waals surface area (Å²) in [5, 5.41) is 13.3. The summed E-state index contributed by atoms with van der Waals surface area (Å²) in [6.07, 6.45) is -3.39. The van der Waals surface area contributed by atoms with Crippen LogP contribution in [0.4, 0.5) is 14.6 Å². The van der Waals surface area contributed by atoms with Crippen LogP contribution in [0.3, 0.4) is 0 Å². The minimum atomic E-state index is -4.56. The Kier molecular flexibility index (Phi) is 9.96. The van der Waals surface area contributed by atoms with E-state index < -0.39 is 56.3 Å². The smallest absolute Gasteiger partial charge is 0.459 e. The topological polar surface area (TPSA) is 150 Å². The van der Waals surface area contributed by atoms with Crippen LogP contribution in [0.15, 0.2) is 36.7 Å². The lowest BCUT2D eigenvalue weighted by molar-refractivity contribution is -0.202. The first-order valence-corrected chi connectivity index (χ1v) is 15.9. The van der Waals surface area contributed by atoms with Gasteiger partial charge in [0.05, 0.1) is 12.4 Å². The van der Waals surface area contributed by atoms with Crippen LogP contribution in [0.2, 0.25) is 0 Å². The second-order valence-corrected chi connectivity index (χ2v) is 12.6. The van der Waals surface area contributed by atoms with Crippen molar-refractivity contribution in [2.24, 2.45) is 0 Å². The number of para-hydroxylation sites is 1. The van der Waals surface area contributed by atoms with E-state index >= 15 is 8.78 Å². The molecule has 16 heteroatoms. The zero-order valence-corrected chi connectivity index (χ0v) is 26.6. The van der Waals surface area contributed by atoms with E-state index in [9.17, 15) is 14.5 Å². The van der Waals surface area contributed by atoms with Crippen LogP contribution in [0.1, 0.15) is 53.6 Å². The molecule has 2 N–H and O–H groups in total. The minimum Gasteiger partial charge on any atom is -0.462 e. The molecule has 0 bridgehead atoms. The molecule has 0 aliphatic carbocycles. The van der Waals surface area contributed by atoms with Crippen molar-refractivity contribution < 1.29 is 41.8 Å². The van der Waals surface area contributed by atoms with Gasteiger partial charge in [-0.2, -0.15) is 5.09 Å². The summed E-state index contributed by atoms with van der Waals surface area (Å²) in [7, 11) is -4.56. The third-order valence-electron chi connectivity index (χ3n) is 7.02. The summed E-state index contributed by atoms with van der Waals surface area (Å²) in [5.74, 6) is -3.03. The zero-order valence-electron chi connectivity index (χ0n) is 25.7. The second kappa shape index (κ2) is 13.0. The summed E-state index contributed by atoms with van der Waals surface area (Å²) in [4.78, 5) is 27.6. The molecule has 1 fully saturated rings. The number of anilines is 1. The van der Waals surface area contributed by atoms with Crippen LogP contribution < -0.4 is 14.5 Å². The highest BCUT2D eigenvalue weighted by Gasteiger charge is 2.65. The number of hydrogen-bond acceptors (Lipinski definition) is 11. The molecule has 0 amide bonds. The number of aliphatic hydroxyl groups excluding tert-OH is 1. The molecule has 13 nitrogen and oxygen atoms in total. The molecule has 3 heterocycles. The fourth-order valence-corrected chi connectivity index (χ4v) is 6.30. The maximum absolute atomic E-state index is 16.4. The van der Waals surface area contributed by atoms with Crippen LogP contribution in [-0.2, 0) is 23.4 Å². The first-order valence-electron chi connectivity index (χ1n) is 14.3. The molecule has 44 heavy (non-hydrogen) atoms. The Labute approximate surface area is 254 Å². The van der Waals surface area contributed by atoms with Crippen molar-refractivity contribution >= 4 is 30.7 Å². The van der Waals surface area contributed by atoms with E-state index in [4.69, 9.17) is 18.5 Å². The van der Waals surface area contributed by atoms with Gasteiger partial charge in [0.2, 0.25) is 0 Å². The molecular weight excluding hydrogens is 601 g/mol. The standard InChI is InChI=1S/C28H39F2N6O7P/c1-8-35(9-2)22-21-23(33-19(6)32-22)36(16-31-21)26-27(7,29)25(38)28(30,42-26)15-40-44(39,43-20-13-11-10-12-14-20)34-18(5)24(37)41-17(3)4/h10-14,16-18,25-26,38H,8-9,15H2,1-7H3,(H,34,39)/t18-,25-,26+,27+,28+,44+/m0/s1. The lowest BCUT2D eigenvalue weighted by Crippen LogP contribution is -2.47. The van der Waals surface area contributed by atoms with Gasteiger partial charge in [-0.25, -0.2) is 28.3 Å². The molecule has 1 aliphatic rings. The number of nitrogens with one attached hydrogen (secondary N) is 1. The number of aliphatic hydroxyl groups is 1. The van der Waals surface area contributed by atoms with Gasteiger partial charge in [0.1, 0.15) is 24.2 Å². The van der Waals surface area contributed by atoms with Gasteiger partial charge in [-0.05, 0) is 60.6 Å². The maximum atomic E-state index is 16.4. The molecule has 1 aliphatic heterocycles. The monoisotopic (exact) mass is 640 g/mol. The Morgan fingerprint density at radius 3 is 2.48 bits per heavy atom. The Hall–Kier alpha value is -3.23. The van der Waals surface area contributed by atoms with Crippen LogP contribution in [0.5, 0.6) is 5.75 Å². The maximum Gasteiger partial charge on any atom is 0.459 e. The number of carbonyl (C=O) groups excluding carboxylic acids is 1. The Morgan fingerprint density at radius 2 is 1.86 bits per heavy atom. The highest BCUT2D eigenvalue weighted by atomic mass is 31.2. The number of alkyl halides is 2. The van der Waals surface area contributed by atoms with Crippen molar-refractivity contribution in [1.82, 2.24) is 24.6 Å².